The summed E-state index contributed by atoms with van der Waals surface area (Å²) in [4.78, 5) is 0. The maximum Gasteiger partial charge on any atom is 0.0406 e. The van der Waals surface area contributed by atoms with Crippen molar-refractivity contribution in [1.82, 2.24) is 0 Å². The van der Waals surface area contributed by atoms with Gasteiger partial charge in [-0.3, -0.25) is 0 Å². The molecule has 0 aliphatic heterocycles. The fraction of sp³-hybridized carbons (Fsp3) is 0.667. The van der Waals surface area contributed by atoms with Crippen molar-refractivity contribution in [3.63, 3.8) is 0 Å². The van der Waals surface area contributed by atoms with Gasteiger partial charge in [0.15, 0.2) is 0 Å². The highest BCUT2D eigenvalue weighted by Gasteiger charge is 2.30. The van der Waals surface area contributed by atoms with Gasteiger partial charge in [-0.1, -0.05) is 23.7 Å². The zero-order valence-electron chi connectivity index (χ0n) is 12.1. The predicted octanol–water partition coefficient (Wildman–Crippen LogP) is 6.10. The highest BCUT2D eigenvalue weighted by Crippen LogP contribution is 2.43. The minimum absolute atomic E-state index is 0.677. The monoisotopic (exact) mass is 308 g/mol. The summed E-state index contributed by atoms with van der Waals surface area (Å²) in [5.74, 6) is 2.74. The van der Waals surface area contributed by atoms with E-state index < -0.39 is 0 Å². The molecule has 2 saturated carbocycles. The van der Waals surface area contributed by atoms with Crippen LogP contribution < -0.4 is 0 Å². The van der Waals surface area contributed by atoms with Gasteiger partial charge in [0.05, 0.1) is 0 Å². The molecule has 110 valence electrons. The maximum atomic E-state index is 5.98. The quantitative estimate of drug-likeness (QED) is 0.627. The zero-order valence-corrected chi connectivity index (χ0v) is 13.8. The van der Waals surface area contributed by atoms with E-state index in [-0.39, 0.29) is 0 Å². The average Bonchev–Trinajstić information content (AvgIpc) is 2.49. The molecule has 0 atom stereocenters. The second-order valence-corrected chi connectivity index (χ2v) is 7.90. The molecule has 0 bridgehead atoms. The van der Waals surface area contributed by atoms with Crippen LogP contribution in [0.5, 0.6) is 0 Å². The van der Waals surface area contributed by atoms with Crippen LogP contribution in [-0.2, 0) is 0 Å². The number of thiol groups is 1. The Balaban J connectivity index is 1.53. The van der Waals surface area contributed by atoms with Gasteiger partial charge in [0, 0.05) is 10.3 Å². The number of rotatable bonds is 2. The lowest BCUT2D eigenvalue weighted by molar-refractivity contribution is 0.188. The zero-order chi connectivity index (χ0) is 13.9. The molecular formula is C18H25ClS. The minimum atomic E-state index is 0.677. The molecule has 0 amide bonds. The highest BCUT2D eigenvalue weighted by atomic mass is 35.5. The van der Waals surface area contributed by atoms with Gasteiger partial charge in [-0.15, -0.1) is 0 Å². The van der Waals surface area contributed by atoms with Crippen LogP contribution >= 0.6 is 24.2 Å². The first-order valence-corrected chi connectivity index (χ1v) is 9.05. The Hall–Kier alpha value is -0.140. The van der Waals surface area contributed by atoms with Crippen molar-refractivity contribution >= 4 is 24.2 Å². The first kappa shape index (κ1) is 14.8. The molecular weight excluding hydrogens is 284 g/mol. The van der Waals surface area contributed by atoms with Crippen LogP contribution in [0.4, 0.5) is 0 Å². The van der Waals surface area contributed by atoms with E-state index in [0.29, 0.717) is 5.25 Å². The molecule has 20 heavy (non-hydrogen) atoms. The van der Waals surface area contributed by atoms with E-state index in [9.17, 15) is 0 Å². The van der Waals surface area contributed by atoms with E-state index in [2.05, 4.69) is 24.8 Å². The normalized spacial score (nSPS) is 34.9. The lowest BCUT2D eigenvalue weighted by Crippen LogP contribution is -2.25. The molecule has 0 spiro atoms. The Morgan fingerprint density at radius 2 is 1.25 bits per heavy atom. The van der Waals surface area contributed by atoms with Crippen LogP contribution in [0, 0.1) is 11.8 Å². The molecule has 1 aromatic carbocycles. The molecule has 0 N–H and O–H groups in total. The van der Waals surface area contributed by atoms with Crippen LogP contribution in [0.2, 0.25) is 5.02 Å². The Kier molecular flexibility index (Phi) is 4.99. The van der Waals surface area contributed by atoms with Crippen LogP contribution in [0.1, 0.15) is 62.8 Å². The van der Waals surface area contributed by atoms with Crippen molar-refractivity contribution in [2.45, 2.75) is 62.5 Å². The number of benzene rings is 1. The van der Waals surface area contributed by atoms with Crippen LogP contribution in [0.15, 0.2) is 24.3 Å². The number of hydrogen-bond donors (Lipinski definition) is 1. The van der Waals surface area contributed by atoms with Gasteiger partial charge in [0.2, 0.25) is 0 Å². The third kappa shape index (κ3) is 3.54. The first-order valence-electron chi connectivity index (χ1n) is 8.16. The van der Waals surface area contributed by atoms with Crippen LogP contribution in [0.3, 0.4) is 0 Å². The van der Waals surface area contributed by atoms with Gasteiger partial charge in [-0.2, -0.15) is 12.6 Å². The molecule has 0 radical (unpaired) electrons. The van der Waals surface area contributed by atoms with E-state index in [1.165, 1.54) is 56.9 Å². The summed E-state index contributed by atoms with van der Waals surface area (Å²) in [6, 6.07) is 8.52. The molecule has 0 saturated heterocycles. The molecule has 0 heterocycles. The fourth-order valence-corrected chi connectivity index (χ4v) is 4.66. The van der Waals surface area contributed by atoms with E-state index in [1.54, 1.807) is 0 Å². The largest absolute Gasteiger partial charge is 0.176 e. The molecule has 0 unspecified atom stereocenters. The summed E-state index contributed by atoms with van der Waals surface area (Å²) in [5, 5.41) is 1.53. The molecule has 0 nitrogen and oxygen atoms in total. The van der Waals surface area contributed by atoms with Crippen molar-refractivity contribution in [3.05, 3.63) is 34.9 Å². The Bertz CT molecular complexity index is 412. The lowest BCUT2D eigenvalue weighted by Gasteiger charge is -2.37. The summed E-state index contributed by atoms with van der Waals surface area (Å²) in [6.45, 7) is 0. The number of halogens is 1. The van der Waals surface area contributed by atoms with E-state index in [4.69, 9.17) is 11.6 Å². The average molecular weight is 309 g/mol. The SMILES string of the molecule is SC1CCC(C2CCC(c3ccc(Cl)cc3)CC2)CC1. The maximum absolute atomic E-state index is 5.98. The smallest absolute Gasteiger partial charge is 0.0406 e. The van der Waals surface area contributed by atoms with Crippen LogP contribution in [0.25, 0.3) is 0 Å². The predicted molar refractivity (Wildman–Crippen MR) is 90.9 cm³/mol. The van der Waals surface area contributed by atoms with Gasteiger partial charge in [0.1, 0.15) is 0 Å². The minimum Gasteiger partial charge on any atom is -0.176 e. The van der Waals surface area contributed by atoms with E-state index >= 15 is 0 Å². The van der Waals surface area contributed by atoms with E-state index in [1.807, 2.05) is 12.1 Å². The molecule has 2 aliphatic rings. The van der Waals surface area contributed by atoms with Crippen molar-refractivity contribution < 1.29 is 0 Å². The van der Waals surface area contributed by atoms with Crippen LogP contribution in [-0.4, -0.2) is 5.25 Å². The Morgan fingerprint density at radius 1 is 0.750 bits per heavy atom. The first-order chi connectivity index (χ1) is 9.72. The highest BCUT2D eigenvalue weighted by molar-refractivity contribution is 7.80. The van der Waals surface area contributed by atoms with Gasteiger partial charge in [0.25, 0.3) is 0 Å². The van der Waals surface area contributed by atoms with Gasteiger partial charge >= 0.3 is 0 Å². The third-order valence-electron chi connectivity index (χ3n) is 5.52. The van der Waals surface area contributed by atoms with Gasteiger partial charge in [-0.25, -0.2) is 0 Å². The summed E-state index contributed by atoms with van der Waals surface area (Å²) < 4.78 is 0. The second kappa shape index (κ2) is 6.75. The topological polar surface area (TPSA) is 0 Å². The summed E-state index contributed by atoms with van der Waals surface area (Å²) in [5.41, 5.74) is 1.49. The van der Waals surface area contributed by atoms with Crippen molar-refractivity contribution in [1.29, 1.82) is 0 Å². The molecule has 2 heteroatoms. The summed E-state index contributed by atoms with van der Waals surface area (Å²) >= 11 is 10.6. The second-order valence-electron chi connectivity index (χ2n) is 6.73. The summed E-state index contributed by atoms with van der Waals surface area (Å²) in [6.07, 6.45) is 11.1. The number of hydrogen-bond acceptors (Lipinski definition) is 1. The van der Waals surface area contributed by atoms with Crippen molar-refractivity contribution in [2.24, 2.45) is 11.8 Å². The fourth-order valence-electron chi connectivity index (χ4n) is 4.23. The van der Waals surface area contributed by atoms with Crippen molar-refractivity contribution in [3.8, 4) is 0 Å². The summed E-state index contributed by atoms with van der Waals surface area (Å²) in [7, 11) is 0. The Morgan fingerprint density at radius 3 is 1.80 bits per heavy atom. The van der Waals surface area contributed by atoms with Gasteiger partial charge in [-0.05, 0) is 86.8 Å². The standard InChI is InChI=1S/C18H25ClS/c19-17-9-5-15(6-10-17)13-1-3-14(4-2-13)16-7-11-18(20)12-8-16/h5-6,9-10,13-14,16,18,20H,1-4,7-8,11-12H2. The van der Waals surface area contributed by atoms with Crippen molar-refractivity contribution in [2.75, 3.05) is 0 Å². The Labute approximate surface area is 133 Å². The lowest BCUT2D eigenvalue weighted by atomic mass is 9.70. The van der Waals surface area contributed by atoms with E-state index in [0.717, 1.165) is 22.8 Å². The third-order valence-corrected chi connectivity index (χ3v) is 6.29. The molecule has 0 aromatic heterocycles. The van der Waals surface area contributed by atoms with Gasteiger partial charge < -0.3 is 0 Å². The molecule has 1 aromatic rings. The molecule has 2 fully saturated rings. The molecule has 2 aliphatic carbocycles. The molecule has 3 rings (SSSR count).